The molecule has 0 amide bonds. The predicted octanol–water partition coefficient (Wildman–Crippen LogP) is 4.52. The van der Waals surface area contributed by atoms with Crippen LogP contribution in [-0.2, 0) is 11.3 Å². The number of ether oxygens (including phenoxy) is 1. The fourth-order valence-electron chi connectivity index (χ4n) is 2.38. The lowest BCUT2D eigenvalue weighted by Crippen LogP contribution is -2.17. The maximum absolute atomic E-state index is 12.6. The van der Waals surface area contributed by atoms with Crippen LogP contribution in [0.15, 0.2) is 47.3 Å². The first-order valence-electron chi connectivity index (χ1n) is 8.32. The second kappa shape index (κ2) is 8.92. The van der Waals surface area contributed by atoms with Gasteiger partial charge in [0.1, 0.15) is 0 Å². The van der Waals surface area contributed by atoms with Crippen molar-refractivity contribution in [2.45, 2.75) is 20.5 Å². The summed E-state index contributed by atoms with van der Waals surface area (Å²) in [5.41, 5.74) is 1.16. The topological polar surface area (TPSA) is 29.5 Å². The van der Waals surface area contributed by atoms with E-state index in [2.05, 4.69) is 4.90 Å². The second-order valence-corrected chi connectivity index (χ2v) is 6.70. The molecular formula is C20H25NO2S. The molecule has 0 saturated carbocycles. The van der Waals surface area contributed by atoms with Gasteiger partial charge in [-0.05, 0) is 43.9 Å². The number of nitrogens with zero attached hydrogens (tertiary/aromatic N) is 1. The lowest BCUT2D eigenvalue weighted by Gasteiger charge is -2.10. The van der Waals surface area contributed by atoms with Gasteiger partial charge in [0.15, 0.2) is 5.43 Å². The van der Waals surface area contributed by atoms with Crippen LogP contribution in [0.5, 0.6) is 0 Å². The third kappa shape index (κ3) is 4.41. The molecule has 4 heteroatoms. The van der Waals surface area contributed by atoms with Gasteiger partial charge in [-0.25, -0.2) is 0 Å². The minimum absolute atomic E-state index is 0.111. The van der Waals surface area contributed by atoms with E-state index in [1.165, 1.54) is 0 Å². The first-order valence-corrected chi connectivity index (χ1v) is 9.14. The fourth-order valence-corrected chi connectivity index (χ4v) is 3.43. The molecule has 0 unspecified atom stereocenters. The SMILES string of the molecule is CC.CN(C)CCOCc1ccc2sc3ccccc3c(=O)c2c1. The standard InChI is InChI=1S/C18H19NO2S.C2H6/c1-19(2)9-10-21-12-13-7-8-17-15(11-13)18(20)14-5-3-4-6-16(14)22-17;1-2/h3-8,11H,9-10,12H2,1-2H3;1-2H3. The normalized spacial score (nSPS) is 10.9. The Kier molecular flexibility index (Phi) is 6.91. The molecule has 128 valence electrons. The van der Waals surface area contributed by atoms with Crippen molar-refractivity contribution in [3.63, 3.8) is 0 Å². The summed E-state index contributed by atoms with van der Waals surface area (Å²) in [6.45, 7) is 6.13. The van der Waals surface area contributed by atoms with Crippen molar-refractivity contribution in [3.05, 3.63) is 58.3 Å². The summed E-state index contributed by atoms with van der Waals surface area (Å²) in [5.74, 6) is 0. The van der Waals surface area contributed by atoms with Gasteiger partial charge in [-0.2, -0.15) is 0 Å². The van der Waals surface area contributed by atoms with E-state index in [0.717, 1.165) is 32.3 Å². The molecule has 0 aliphatic carbocycles. The second-order valence-electron chi connectivity index (χ2n) is 5.61. The summed E-state index contributed by atoms with van der Waals surface area (Å²) < 4.78 is 7.73. The van der Waals surface area contributed by atoms with Crippen molar-refractivity contribution in [1.29, 1.82) is 0 Å². The van der Waals surface area contributed by atoms with Crippen molar-refractivity contribution >= 4 is 31.5 Å². The molecule has 0 radical (unpaired) electrons. The Balaban J connectivity index is 0.00000100. The fraction of sp³-hybridized carbons (Fsp3) is 0.350. The van der Waals surface area contributed by atoms with Gasteiger partial charge in [0, 0.05) is 26.7 Å². The molecule has 0 aliphatic rings. The Bertz CT molecular complexity index is 855. The molecule has 0 aliphatic heterocycles. The summed E-state index contributed by atoms with van der Waals surface area (Å²) in [7, 11) is 4.05. The van der Waals surface area contributed by atoms with Crippen molar-refractivity contribution in [3.8, 4) is 0 Å². The van der Waals surface area contributed by atoms with E-state index in [1.54, 1.807) is 11.3 Å². The summed E-state index contributed by atoms with van der Waals surface area (Å²) >= 11 is 1.66. The number of benzene rings is 2. The van der Waals surface area contributed by atoms with Crippen molar-refractivity contribution in [1.82, 2.24) is 4.90 Å². The minimum atomic E-state index is 0.111. The van der Waals surface area contributed by atoms with E-state index in [4.69, 9.17) is 4.74 Å². The zero-order valence-corrected chi connectivity index (χ0v) is 15.7. The van der Waals surface area contributed by atoms with Crippen molar-refractivity contribution in [2.24, 2.45) is 0 Å². The average molecular weight is 343 g/mol. The highest BCUT2D eigenvalue weighted by molar-refractivity contribution is 7.24. The summed E-state index contributed by atoms with van der Waals surface area (Å²) in [6, 6.07) is 13.8. The quantitative estimate of drug-likeness (QED) is 0.504. The van der Waals surface area contributed by atoms with Crippen LogP contribution >= 0.6 is 11.3 Å². The summed E-state index contributed by atoms with van der Waals surface area (Å²) in [4.78, 5) is 14.7. The lowest BCUT2D eigenvalue weighted by atomic mass is 10.1. The molecular weight excluding hydrogens is 318 g/mol. The molecule has 3 rings (SSSR count). The van der Waals surface area contributed by atoms with E-state index in [1.807, 2.05) is 70.4 Å². The molecule has 0 spiro atoms. The molecule has 2 aromatic carbocycles. The molecule has 0 bridgehead atoms. The molecule has 0 N–H and O–H groups in total. The van der Waals surface area contributed by atoms with Gasteiger partial charge in [0.2, 0.25) is 0 Å². The third-order valence-electron chi connectivity index (χ3n) is 3.59. The number of rotatable bonds is 5. The maximum Gasteiger partial charge on any atom is 0.195 e. The number of likely N-dealkylation sites (N-methyl/N-ethyl adjacent to an activating group) is 1. The van der Waals surface area contributed by atoms with Crippen LogP contribution in [0.25, 0.3) is 20.2 Å². The van der Waals surface area contributed by atoms with Gasteiger partial charge in [0.05, 0.1) is 13.2 Å². The summed E-state index contributed by atoms with van der Waals surface area (Å²) in [5, 5.41) is 1.59. The Morgan fingerprint density at radius 3 is 2.46 bits per heavy atom. The van der Waals surface area contributed by atoms with Gasteiger partial charge in [-0.1, -0.05) is 32.0 Å². The van der Waals surface area contributed by atoms with Gasteiger partial charge in [-0.3, -0.25) is 4.79 Å². The van der Waals surface area contributed by atoms with Crippen molar-refractivity contribution < 1.29 is 4.74 Å². The molecule has 0 atom stereocenters. The van der Waals surface area contributed by atoms with Crippen LogP contribution in [0, 0.1) is 0 Å². The monoisotopic (exact) mass is 343 g/mol. The Morgan fingerprint density at radius 2 is 1.71 bits per heavy atom. The lowest BCUT2D eigenvalue weighted by molar-refractivity contribution is 0.105. The van der Waals surface area contributed by atoms with Gasteiger partial charge < -0.3 is 9.64 Å². The average Bonchev–Trinajstić information content (AvgIpc) is 2.61. The third-order valence-corrected chi connectivity index (χ3v) is 4.74. The zero-order valence-electron chi connectivity index (χ0n) is 14.8. The Morgan fingerprint density at radius 1 is 1.00 bits per heavy atom. The van der Waals surface area contributed by atoms with E-state index < -0.39 is 0 Å². The molecule has 3 nitrogen and oxygen atoms in total. The zero-order chi connectivity index (χ0) is 17.5. The maximum atomic E-state index is 12.6. The highest BCUT2D eigenvalue weighted by atomic mass is 32.1. The molecule has 0 fully saturated rings. The molecule has 1 aromatic heterocycles. The van der Waals surface area contributed by atoms with Crippen LogP contribution in [-0.4, -0.2) is 32.1 Å². The first-order chi connectivity index (χ1) is 11.6. The van der Waals surface area contributed by atoms with Crippen LogP contribution < -0.4 is 5.43 Å². The van der Waals surface area contributed by atoms with Crippen LogP contribution in [0.2, 0.25) is 0 Å². The summed E-state index contributed by atoms with van der Waals surface area (Å²) in [6.07, 6.45) is 0. The van der Waals surface area contributed by atoms with Gasteiger partial charge in [0.25, 0.3) is 0 Å². The van der Waals surface area contributed by atoms with E-state index in [-0.39, 0.29) is 5.43 Å². The number of fused-ring (bicyclic) bond motifs is 2. The molecule has 24 heavy (non-hydrogen) atoms. The smallest absolute Gasteiger partial charge is 0.195 e. The molecule has 1 heterocycles. The van der Waals surface area contributed by atoms with E-state index >= 15 is 0 Å². The van der Waals surface area contributed by atoms with Crippen LogP contribution in [0.3, 0.4) is 0 Å². The highest BCUT2D eigenvalue weighted by Crippen LogP contribution is 2.25. The number of hydrogen-bond donors (Lipinski definition) is 0. The Hall–Kier alpha value is -1.75. The van der Waals surface area contributed by atoms with Crippen molar-refractivity contribution in [2.75, 3.05) is 27.2 Å². The van der Waals surface area contributed by atoms with Gasteiger partial charge in [-0.15, -0.1) is 11.3 Å². The van der Waals surface area contributed by atoms with E-state index in [0.29, 0.717) is 13.2 Å². The predicted molar refractivity (Wildman–Crippen MR) is 105 cm³/mol. The highest BCUT2D eigenvalue weighted by Gasteiger charge is 2.06. The Labute approximate surface area is 147 Å². The van der Waals surface area contributed by atoms with E-state index in [9.17, 15) is 4.79 Å². The molecule has 3 aromatic rings. The molecule has 0 saturated heterocycles. The largest absolute Gasteiger partial charge is 0.375 e. The van der Waals surface area contributed by atoms with Crippen LogP contribution in [0.1, 0.15) is 19.4 Å². The van der Waals surface area contributed by atoms with Crippen LogP contribution in [0.4, 0.5) is 0 Å². The minimum Gasteiger partial charge on any atom is -0.375 e. The van der Waals surface area contributed by atoms with Gasteiger partial charge >= 0.3 is 0 Å². The number of hydrogen-bond acceptors (Lipinski definition) is 4. The first kappa shape index (κ1) is 18.6.